The van der Waals surface area contributed by atoms with E-state index >= 15 is 0 Å². The summed E-state index contributed by atoms with van der Waals surface area (Å²) in [6.07, 6.45) is 5.08. The van der Waals surface area contributed by atoms with E-state index in [-0.39, 0.29) is 94.9 Å². The molecule has 0 spiro atoms. The number of ether oxygens (including phenoxy) is 4. The number of aryl methyl sites for hydroxylation is 2. The first-order valence-corrected chi connectivity index (χ1v) is 18.9. The third-order valence-corrected chi connectivity index (χ3v) is 9.53. The van der Waals surface area contributed by atoms with Crippen LogP contribution in [0.3, 0.4) is 0 Å². The van der Waals surface area contributed by atoms with Gasteiger partial charge in [-0.05, 0) is 74.7 Å². The number of allylic oxidation sites excluding steroid dienone is 4. The van der Waals surface area contributed by atoms with Crippen molar-refractivity contribution in [2.45, 2.75) is 86.5 Å². The molecule has 1 aromatic carbocycles. The van der Waals surface area contributed by atoms with Gasteiger partial charge in [0.05, 0.1) is 42.3 Å². The maximum Gasteiger partial charge on any atom is 0.309 e. The van der Waals surface area contributed by atoms with Crippen LogP contribution in [0.4, 0.5) is 0 Å². The number of esters is 2. The number of hydrogen-bond donors (Lipinski definition) is 3. The molecule has 0 aliphatic carbocycles. The molecule has 4 heterocycles. The summed E-state index contributed by atoms with van der Waals surface area (Å²) in [4.78, 5) is 50.4. The van der Waals surface area contributed by atoms with Crippen molar-refractivity contribution >= 4 is 56.3 Å². The fraction of sp³-hybridized carbons (Fsp3) is 0.429. The Bertz CT molecular complexity index is 2270. The summed E-state index contributed by atoms with van der Waals surface area (Å²) in [5.41, 5.74) is 8.30. The molecular formula is C42H50GdN5O9-. The Hall–Kier alpha value is -4.12. The number of benzene rings is 1. The summed E-state index contributed by atoms with van der Waals surface area (Å²) >= 11 is 0. The molecule has 0 fully saturated rings. The van der Waals surface area contributed by atoms with Crippen molar-refractivity contribution < 1.29 is 83.8 Å². The number of fused-ring (bicyclic) bond motifs is 7. The molecule has 3 N–H and O–H groups in total. The predicted octanol–water partition coefficient (Wildman–Crippen LogP) is 6.26. The largest absolute Gasteiger partial charge is 0.654 e. The van der Waals surface area contributed by atoms with E-state index < -0.39 is 11.9 Å². The molecule has 14 nitrogen and oxygen atoms in total. The monoisotopic (exact) mass is 926 g/mol. The van der Waals surface area contributed by atoms with Gasteiger partial charge in [-0.25, -0.2) is 15.0 Å². The summed E-state index contributed by atoms with van der Waals surface area (Å²) in [5, 5.41) is 29.2. The van der Waals surface area contributed by atoms with Crippen molar-refractivity contribution in [1.29, 1.82) is 0 Å². The number of carbonyl (C=O) groups excluding carboxylic acids is 2. The van der Waals surface area contributed by atoms with E-state index in [9.17, 15) is 24.9 Å². The molecule has 0 atom stereocenters. The van der Waals surface area contributed by atoms with Gasteiger partial charge < -0.3 is 39.3 Å². The first-order valence-electron chi connectivity index (χ1n) is 18.9. The van der Waals surface area contributed by atoms with E-state index in [1.165, 1.54) is 21.0 Å². The Kier molecular flexibility index (Phi) is 16.8. The van der Waals surface area contributed by atoms with Crippen molar-refractivity contribution in [3.05, 3.63) is 58.3 Å². The molecule has 2 aromatic heterocycles. The van der Waals surface area contributed by atoms with Crippen LogP contribution in [0.5, 0.6) is 23.1 Å². The molecule has 2 aliphatic heterocycles. The van der Waals surface area contributed by atoms with Gasteiger partial charge in [0, 0.05) is 92.2 Å². The van der Waals surface area contributed by atoms with Gasteiger partial charge >= 0.3 is 11.9 Å². The maximum atomic E-state index is 12.8. The van der Waals surface area contributed by atoms with Crippen LogP contribution in [0, 0.1) is 46.9 Å². The van der Waals surface area contributed by atoms with E-state index in [0.29, 0.717) is 95.5 Å². The van der Waals surface area contributed by atoms with E-state index in [4.69, 9.17) is 43.9 Å². The van der Waals surface area contributed by atoms with Crippen molar-refractivity contribution in [2.24, 2.45) is 0 Å². The minimum Gasteiger partial charge on any atom is -0.654 e. The molecular weight excluding hydrogens is 876 g/mol. The van der Waals surface area contributed by atoms with E-state index in [1.54, 1.807) is 25.3 Å². The van der Waals surface area contributed by atoms with Crippen LogP contribution in [0.15, 0.2) is 24.4 Å². The first kappa shape index (κ1) is 45.6. The Morgan fingerprint density at radius 2 is 1.40 bits per heavy atom. The van der Waals surface area contributed by atoms with Crippen LogP contribution in [0.25, 0.3) is 44.4 Å². The molecule has 3 aromatic rings. The zero-order chi connectivity index (χ0) is 40.5. The van der Waals surface area contributed by atoms with Gasteiger partial charge in [-0.2, -0.15) is 0 Å². The fourth-order valence-electron chi connectivity index (χ4n) is 6.88. The second kappa shape index (κ2) is 21.1. The number of methoxy groups -OCH3 is 1. The molecule has 5 rings (SSSR count). The minimum absolute atomic E-state index is 0. The summed E-state index contributed by atoms with van der Waals surface area (Å²) in [7, 11) is 1.49. The zero-order valence-electron chi connectivity index (χ0n) is 33.5. The van der Waals surface area contributed by atoms with Crippen LogP contribution in [0.2, 0.25) is 0 Å². The smallest absolute Gasteiger partial charge is 0.309 e. The van der Waals surface area contributed by atoms with E-state index in [0.717, 1.165) is 22.3 Å². The Balaban J connectivity index is 0.00000720. The minimum atomic E-state index is -0.656. The second-order valence-corrected chi connectivity index (χ2v) is 13.3. The third kappa shape index (κ3) is 10.3. The van der Waals surface area contributed by atoms with Gasteiger partial charge in [-0.3, -0.25) is 14.6 Å². The molecule has 306 valence electrons. The second-order valence-electron chi connectivity index (χ2n) is 13.3. The Morgan fingerprint density at radius 3 is 2.04 bits per heavy atom. The molecule has 15 heteroatoms. The molecule has 0 saturated heterocycles. The quantitative estimate of drug-likeness (QED) is 0.114. The van der Waals surface area contributed by atoms with Gasteiger partial charge in [0.1, 0.15) is 17.1 Å². The number of nitrogens with zero attached hydrogens (tertiary/aromatic N) is 5. The first-order chi connectivity index (χ1) is 27.0. The van der Waals surface area contributed by atoms with Gasteiger partial charge in [0.2, 0.25) is 5.88 Å². The van der Waals surface area contributed by atoms with E-state index in [1.807, 2.05) is 13.0 Å². The van der Waals surface area contributed by atoms with Gasteiger partial charge in [0.25, 0.3) is 0 Å². The average Bonchev–Trinajstić information content (AvgIpc) is 3.79. The topological polar surface area (TPSA) is 197 Å². The normalized spacial score (nSPS) is 12.3. The summed E-state index contributed by atoms with van der Waals surface area (Å²) in [6.45, 7) is 10.4. The van der Waals surface area contributed by atoms with Gasteiger partial charge in [-0.1, -0.05) is 36.6 Å². The van der Waals surface area contributed by atoms with Gasteiger partial charge in [-0.15, -0.1) is 5.52 Å². The van der Waals surface area contributed by atoms with Crippen LogP contribution in [-0.4, -0.2) is 80.7 Å². The van der Waals surface area contributed by atoms with E-state index in [2.05, 4.69) is 13.8 Å². The molecule has 0 radical (unpaired) electrons. The van der Waals surface area contributed by atoms with Crippen LogP contribution >= 0.6 is 0 Å². The fourth-order valence-corrected chi connectivity index (χ4v) is 6.88. The number of rotatable bonds is 15. The van der Waals surface area contributed by atoms with Crippen LogP contribution < -0.4 is 23.9 Å². The van der Waals surface area contributed by atoms with Crippen LogP contribution in [0.1, 0.15) is 107 Å². The average molecular weight is 926 g/mol. The van der Waals surface area contributed by atoms with Crippen molar-refractivity contribution in [3.63, 3.8) is 0 Å². The molecule has 0 amide bonds. The maximum absolute atomic E-state index is 12.8. The summed E-state index contributed by atoms with van der Waals surface area (Å²) in [5.74, 6) is -0.612. The number of aliphatic hydroxyl groups excluding tert-OH is 3. The third-order valence-electron chi connectivity index (χ3n) is 9.53. The molecule has 0 unspecified atom stereocenters. The number of aromatic nitrogens is 5. The predicted molar refractivity (Wildman–Crippen MR) is 213 cm³/mol. The Morgan fingerprint density at radius 1 is 0.754 bits per heavy atom. The van der Waals surface area contributed by atoms with Crippen molar-refractivity contribution in [1.82, 2.24) is 24.9 Å². The van der Waals surface area contributed by atoms with Crippen molar-refractivity contribution in [3.8, 4) is 23.1 Å². The molecule has 6 bridgehead atoms. The summed E-state index contributed by atoms with van der Waals surface area (Å²) < 4.78 is 23.4. The van der Waals surface area contributed by atoms with Crippen molar-refractivity contribution in [2.75, 3.05) is 33.5 Å². The standard InChI is InChI=1S/C42H50N5O9.Gd/c1-8-27-28(9-2)35-22-43-33-20-37(54-18-12-17-50)36(53-7)21-34(33)46-42(56-26(6)52)39-24(4)30(14-11-16-49)40(47-39)41(55-25(5)51)38-23(3)29(13-10-15-48)32(45-38)19-31(27)44-35;/h19-22,48-50H,8-18H2,1-7H3;/q-1;. The Labute approximate surface area is 364 Å². The molecule has 0 saturated carbocycles. The number of carbonyl (C=O) groups is 2. The molecule has 57 heavy (non-hydrogen) atoms. The zero-order valence-corrected chi connectivity index (χ0v) is 35.7. The van der Waals surface area contributed by atoms with Crippen LogP contribution in [-0.2, 0) is 16.0 Å². The van der Waals surface area contributed by atoms with Gasteiger partial charge in [0.15, 0.2) is 11.5 Å². The summed E-state index contributed by atoms with van der Waals surface area (Å²) in [6, 6.07) is 5.20. The SMILES string of the molecule is CCC1=C(CC)c2cc3[n-]c(c(C)c3CCCO)c(OC(C)=O)c3nc(c(OC(C)=O)nc4cc(OC)c(OCCCO)cc4ncc1n2)C(C)=C3CCCO.[Gd]. The molecule has 2 aliphatic rings. The number of hydrogen-bond acceptors (Lipinski definition) is 13. The number of aliphatic hydroxyl groups is 3.